The fourth-order valence-corrected chi connectivity index (χ4v) is 3.31. The van der Waals surface area contributed by atoms with Crippen LogP contribution < -0.4 is 26.1 Å². The Morgan fingerprint density at radius 2 is 1.94 bits per heavy atom. The van der Waals surface area contributed by atoms with Crippen molar-refractivity contribution in [2.75, 3.05) is 36.1 Å². The fourth-order valence-electron chi connectivity index (χ4n) is 2.65. The molecule has 11 heteroatoms. The van der Waals surface area contributed by atoms with Gasteiger partial charge < -0.3 is 20.6 Å². The summed E-state index contributed by atoms with van der Waals surface area (Å²) in [6.07, 6.45) is 0. The maximum Gasteiger partial charge on any atom is 0.264 e. The topological polar surface area (TPSA) is 129 Å². The molecule has 10 nitrogen and oxygen atoms in total. The van der Waals surface area contributed by atoms with E-state index in [1.807, 2.05) is 50.2 Å². The molecule has 4 N–H and O–H groups in total. The van der Waals surface area contributed by atoms with Crippen molar-refractivity contribution in [1.82, 2.24) is 14.9 Å². The predicted molar refractivity (Wildman–Crippen MR) is 126 cm³/mol. The Hall–Kier alpha value is -3.73. The van der Waals surface area contributed by atoms with Gasteiger partial charge in [0.25, 0.3) is 5.95 Å². The number of carbonyl (C=O) groups is 1. The number of nitrogens with zero attached hydrogens (tertiary/aromatic N) is 4. The molecular weight excluding hydrogens is 430 g/mol. The number of nitrogens with one attached hydrogen (secondary N) is 2. The average Bonchev–Trinajstić information content (AvgIpc) is 3.17. The number of ether oxygens (including phenoxy) is 2. The summed E-state index contributed by atoms with van der Waals surface area (Å²) in [5.74, 6) is 7.56. The number of nitrogens with two attached hydrogens (primary N) is 1. The first-order chi connectivity index (χ1) is 15.5. The number of rotatable bonds is 10. The lowest BCUT2D eigenvalue weighted by molar-refractivity contribution is -0.113. The summed E-state index contributed by atoms with van der Waals surface area (Å²) in [5, 5.41) is 15.5. The van der Waals surface area contributed by atoms with Crippen LogP contribution in [0.1, 0.15) is 19.4 Å². The number of methoxy groups -OCH3 is 1. The Balaban J connectivity index is 1.57. The minimum atomic E-state index is -0.215. The molecule has 0 aliphatic carbocycles. The van der Waals surface area contributed by atoms with Crippen molar-refractivity contribution < 1.29 is 14.3 Å². The Bertz CT molecular complexity index is 1080. The molecule has 0 aliphatic heterocycles. The van der Waals surface area contributed by atoms with Crippen LogP contribution in [0.2, 0.25) is 0 Å². The Morgan fingerprint density at radius 3 is 2.66 bits per heavy atom. The number of aromatic nitrogens is 3. The summed E-state index contributed by atoms with van der Waals surface area (Å²) < 4.78 is 11.9. The molecule has 0 saturated heterocycles. The zero-order valence-corrected chi connectivity index (χ0v) is 18.8. The molecule has 0 bridgehead atoms. The van der Waals surface area contributed by atoms with Gasteiger partial charge >= 0.3 is 0 Å². The molecule has 0 atom stereocenters. The van der Waals surface area contributed by atoms with Crippen LogP contribution in [0.3, 0.4) is 0 Å². The molecule has 0 unspecified atom stereocenters. The van der Waals surface area contributed by atoms with Gasteiger partial charge in [-0.2, -0.15) is 5.10 Å². The standard InChI is InChI=1S/C21H25N7O3S/c1-4-31-18-8-6-5-7-17(18)23-19(29)13-32-21-27-26-20(28(21)22)25-24-14(2)15-9-11-16(30-3)12-10-15/h5-12H,4,13,22H2,1-3H3,(H,23,29)(H,25,26)/b24-14+. The van der Waals surface area contributed by atoms with Gasteiger partial charge in [-0.05, 0) is 55.8 Å². The van der Waals surface area contributed by atoms with Gasteiger partial charge in [-0.15, -0.1) is 10.2 Å². The molecule has 3 rings (SSSR count). The highest BCUT2D eigenvalue weighted by Crippen LogP contribution is 2.24. The van der Waals surface area contributed by atoms with Gasteiger partial charge in [-0.3, -0.25) is 4.79 Å². The van der Waals surface area contributed by atoms with Gasteiger partial charge in [-0.25, -0.2) is 10.1 Å². The third kappa shape index (κ3) is 5.91. The first-order valence-corrected chi connectivity index (χ1v) is 10.8. The highest BCUT2D eigenvalue weighted by atomic mass is 32.2. The minimum Gasteiger partial charge on any atom is -0.497 e. The van der Waals surface area contributed by atoms with Crippen LogP contribution in [-0.4, -0.2) is 46.0 Å². The summed E-state index contributed by atoms with van der Waals surface area (Å²) in [4.78, 5) is 12.3. The maximum absolute atomic E-state index is 12.3. The number of amides is 1. The van der Waals surface area contributed by atoms with E-state index >= 15 is 0 Å². The van der Waals surface area contributed by atoms with Crippen molar-refractivity contribution in [3.8, 4) is 11.5 Å². The highest BCUT2D eigenvalue weighted by molar-refractivity contribution is 7.99. The number of nitrogen functional groups attached to an aromatic ring is 1. The van der Waals surface area contributed by atoms with Crippen molar-refractivity contribution in [2.24, 2.45) is 5.10 Å². The van der Waals surface area contributed by atoms with E-state index in [9.17, 15) is 4.79 Å². The lowest BCUT2D eigenvalue weighted by Gasteiger charge is -2.11. The molecule has 168 valence electrons. The maximum atomic E-state index is 12.3. The molecule has 0 spiro atoms. The van der Waals surface area contributed by atoms with E-state index in [-0.39, 0.29) is 17.6 Å². The van der Waals surface area contributed by atoms with Crippen molar-refractivity contribution in [1.29, 1.82) is 0 Å². The second kappa shape index (κ2) is 11.0. The molecule has 1 heterocycles. The minimum absolute atomic E-state index is 0.101. The molecule has 0 fully saturated rings. The Morgan fingerprint density at radius 1 is 1.19 bits per heavy atom. The van der Waals surface area contributed by atoms with Crippen LogP contribution in [0.15, 0.2) is 58.8 Å². The van der Waals surface area contributed by atoms with Gasteiger partial charge in [0, 0.05) is 0 Å². The average molecular weight is 456 g/mol. The van der Waals surface area contributed by atoms with Crippen molar-refractivity contribution in [3.63, 3.8) is 0 Å². The quantitative estimate of drug-likeness (QED) is 0.184. The van der Waals surface area contributed by atoms with E-state index < -0.39 is 0 Å². The molecule has 1 amide bonds. The summed E-state index contributed by atoms with van der Waals surface area (Å²) in [6.45, 7) is 4.25. The number of thioether (sulfide) groups is 1. The van der Waals surface area contributed by atoms with Crippen molar-refractivity contribution in [3.05, 3.63) is 54.1 Å². The van der Waals surface area contributed by atoms with Crippen LogP contribution in [0.25, 0.3) is 0 Å². The van der Waals surface area contributed by atoms with Crippen LogP contribution >= 0.6 is 11.8 Å². The monoisotopic (exact) mass is 455 g/mol. The number of para-hydroxylation sites is 2. The second-order valence-corrected chi connectivity index (χ2v) is 7.42. The van der Waals surface area contributed by atoms with Crippen LogP contribution in [0.4, 0.5) is 11.6 Å². The number of hydrogen-bond donors (Lipinski definition) is 3. The lowest BCUT2D eigenvalue weighted by Crippen LogP contribution is -2.17. The van der Waals surface area contributed by atoms with E-state index in [4.69, 9.17) is 15.3 Å². The first kappa shape index (κ1) is 22.9. The number of benzene rings is 2. The van der Waals surface area contributed by atoms with Gasteiger partial charge in [0.1, 0.15) is 11.5 Å². The Labute approximate surface area is 190 Å². The van der Waals surface area contributed by atoms with Crippen LogP contribution in [0.5, 0.6) is 11.5 Å². The SMILES string of the molecule is CCOc1ccccc1NC(=O)CSc1nnc(N/N=C(\C)c2ccc(OC)cc2)n1N. The van der Waals surface area contributed by atoms with Crippen molar-refractivity contribution in [2.45, 2.75) is 19.0 Å². The van der Waals surface area contributed by atoms with Crippen LogP contribution in [-0.2, 0) is 4.79 Å². The van der Waals surface area contributed by atoms with E-state index in [1.54, 1.807) is 19.2 Å². The fraction of sp³-hybridized carbons (Fsp3) is 0.238. The molecule has 0 saturated carbocycles. The molecular formula is C21H25N7O3S. The first-order valence-electron chi connectivity index (χ1n) is 9.81. The van der Waals surface area contributed by atoms with Crippen molar-refractivity contribution >= 4 is 35.0 Å². The van der Waals surface area contributed by atoms with Gasteiger partial charge in [0.05, 0.1) is 30.9 Å². The summed E-state index contributed by atoms with van der Waals surface area (Å²) in [7, 11) is 1.62. The third-order valence-corrected chi connectivity index (χ3v) is 5.23. The van der Waals surface area contributed by atoms with Gasteiger partial charge in [-0.1, -0.05) is 23.9 Å². The van der Waals surface area contributed by atoms with Crippen LogP contribution in [0, 0.1) is 0 Å². The second-order valence-electron chi connectivity index (χ2n) is 6.48. The summed E-state index contributed by atoms with van der Waals surface area (Å²) >= 11 is 1.16. The molecule has 0 radical (unpaired) electrons. The number of hydrazone groups is 1. The van der Waals surface area contributed by atoms with E-state index in [1.165, 1.54) is 4.68 Å². The zero-order chi connectivity index (χ0) is 22.9. The summed E-state index contributed by atoms with van der Waals surface area (Å²) in [5.41, 5.74) is 5.06. The molecule has 0 aliphatic rings. The molecule has 32 heavy (non-hydrogen) atoms. The van der Waals surface area contributed by atoms with E-state index in [0.29, 0.717) is 23.2 Å². The van der Waals surface area contributed by atoms with Gasteiger partial charge in [0.2, 0.25) is 11.1 Å². The largest absolute Gasteiger partial charge is 0.497 e. The van der Waals surface area contributed by atoms with E-state index in [0.717, 1.165) is 28.8 Å². The molecule has 3 aromatic rings. The van der Waals surface area contributed by atoms with E-state index in [2.05, 4.69) is 26.0 Å². The van der Waals surface area contributed by atoms with Gasteiger partial charge in [0.15, 0.2) is 0 Å². The smallest absolute Gasteiger partial charge is 0.264 e. The molecule has 1 aromatic heterocycles. The summed E-state index contributed by atoms with van der Waals surface area (Å²) in [6, 6.07) is 14.8. The number of hydrogen-bond acceptors (Lipinski definition) is 9. The number of anilines is 2. The molecule has 2 aromatic carbocycles. The predicted octanol–water partition coefficient (Wildman–Crippen LogP) is 2.97. The Kier molecular flexibility index (Phi) is 7.92. The highest BCUT2D eigenvalue weighted by Gasteiger charge is 2.13. The number of carbonyl (C=O) groups excluding carboxylic acids is 1. The lowest BCUT2D eigenvalue weighted by atomic mass is 10.1. The zero-order valence-electron chi connectivity index (χ0n) is 18.0. The third-order valence-electron chi connectivity index (χ3n) is 4.29. The normalized spacial score (nSPS) is 11.2.